The molecule has 3 nitrogen and oxygen atoms in total. The zero-order valence-electron chi connectivity index (χ0n) is 8.74. The van der Waals surface area contributed by atoms with Crippen molar-refractivity contribution in [3.8, 4) is 0 Å². The van der Waals surface area contributed by atoms with Gasteiger partial charge >= 0.3 is 5.97 Å². The SMILES string of the molecule is Cc1cccc2c1CC(C(=O)O)C(Br)C2=O. The number of fused-ring (bicyclic) bond motifs is 1. The van der Waals surface area contributed by atoms with Gasteiger partial charge in [-0.3, -0.25) is 9.59 Å². The third-order valence-corrected chi connectivity index (χ3v) is 4.07. The Hall–Kier alpha value is -1.16. The van der Waals surface area contributed by atoms with Gasteiger partial charge in [-0.15, -0.1) is 0 Å². The molecule has 4 heteroatoms. The summed E-state index contributed by atoms with van der Waals surface area (Å²) in [5.41, 5.74) is 2.51. The number of carboxylic acid groups (broad SMARTS) is 1. The summed E-state index contributed by atoms with van der Waals surface area (Å²) >= 11 is 3.18. The van der Waals surface area contributed by atoms with Gasteiger partial charge in [0.05, 0.1) is 10.7 Å². The van der Waals surface area contributed by atoms with Crippen LogP contribution in [0, 0.1) is 12.8 Å². The third-order valence-electron chi connectivity index (χ3n) is 3.02. The van der Waals surface area contributed by atoms with E-state index in [2.05, 4.69) is 15.9 Å². The van der Waals surface area contributed by atoms with Gasteiger partial charge in [-0.25, -0.2) is 0 Å². The van der Waals surface area contributed by atoms with Crippen LogP contribution < -0.4 is 0 Å². The number of halogens is 1. The standard InChI is InChI=1S/C12H11BrO3/c1-6-3-2-4-7-8(6)5-9(12(15)16)10(13)11(7)14/h2-4,9-10H,5H2,1H3,(H,15,16). The maximum Gasteiger partial charge on any atom is 0.308 e. The molecule has 0 saturated carbocycles. The molecule has 0 saturated heterocycles. The Morgan fingerprint density at radius 3 is 2.81 bits per heavy atom. The molecule has 2 rings (SSSR count). The molecule has 1 aromatic carbocycles. The van der Waals surface area contributed by atoms with Crippen molar-refractivity contribution in [2.75, 3.05) is 0 Å². The van der Waals surface area contributed by atoms with Crippen molar-refractivity contribution in [3.05, 3.63) is 34.9 Å². The number of Topliss-reactive ketones (excluding diaryl/α,β-unsaturated/α-hetero) is 1. The van der Waals surface area contributed by atoms with E-state index in [4.69, 9.17) is 5.11 Å². The molecule has 1 N–H and O–H groups in total. The van der Waals surface area contributed by atoms with E-state index in [-0.39, 0.29) is 5.78 Å². The van der Waals surface area contributed by atoms with Crippen molar-refractivity contribution >= 4 is 27.7 Å². The lowest BCUT2D eigenvalue weighted by molar-refractivity contribution is -0.141. The molecule has 0 fully saturated rings. The van der Waals surface area contributed by atoms with Crippen molar-refractivity contribution in [2.24, 2.45) is 5.92 Å². The van der Waals surface area contributed by atoms with Crippen LogP contribution in [0.4, 0.5) is 0 Å². The fourth-order valence-electron chi connectivity index (χ4n) is 2.07. The second kappa shape index (κ2) is 4.01. The highest BCUT2D eigenvalue weighted by molar-refractivity contribution is 9.10. The molecule has 2 unspecified atom stereocenters. The lowest BCUT2D eigenvalue weighted by atomic mass is 9.81. The van der Waals surface area contributed by atoms with Crippen LogP contribution in [-0.2, 0) is 11.2 Å². The van der Waals surface area contributed by atoms with Gasteiger partial charge < -0.3 is 5.11 Å². The average Bonchev–Trinajstić information content (AvgIpc) is 2.23. The molecule has 0 bridgehead atoms. The fraction of sp³-hybridized carbons (Fsp3) is 0.333. The number of carbonyl (C=O) groups excluding carboxylic acids is 1. The molecule has 2 atom stereocenters. The molecule has 1 aromatic rings. The molecule has 0 aromatic heterocycles. The summed E-state index contributed by atoms with van der Waals surface area (Å²) in [6.45, 7) is 1.90. The minimum absolute atomic E-state index is 0.127. The van der Waals surface area contributed by atoms with Crippen LogP contribution in [0.3, 0.4) is 0 Å². The van der Waals surface area contributed by atoms with E-state index < -0.39 is 16.7 Å². The number of carboxylic acids is 1. The lowest BCUT2D eigenvalue weighted by Gasteiger charge is -2.26. The van der Waals surface area contributed by atoms with Crippen LogP contribution in [0.1, 0.15) is 21.5 Å². The van der Waals surface area contributed by atoms with E-state index in [0.717, 1.165) is 11.1 Å². The summed E-state index contributed by atoms with van der Waals surface area (Å²) in [6, 6.07) is 5.49. The fourth-order valence-corrected chi connectivity index (χ4v) is 2.73. The number of rotatable bonds is 1. The van der Waals surface area contributed by atoms with Crippen LogP contribution in [0.5, 0.6) is 0 Å². The normalized spacial score (nSPS) is 24.0. The maximum absolute atomic E-state index is 12.0. The van der Waals surface area contributed by atoms with Crippen LogP contribution in [-0.4, -0.2) is 21.7 Å². The second-order valence-electron chi connectivity index (χ2n) is 4.02. The van der Waals surface area contributed by atoms with Gasteiger partial charge in [0.25, 0.3) is 0 Å². The summed E-state index contributed by atoms with van der Waals surface area (Å²) in [4.78, 5) is 22.4. The zero-order chi connectivity index (χ0) is 11.9. The van der Waals surface area contributed by atoms with Gasteiger partial charge in [-0.05, 0) is 24.5 Å². The van der Waals surface area contributed by atoms with Gasteiger partial charge in [-0.2, -0.15) is 0 Å². The Bertz CT molecular complexity index is 467. The Labute approximate surface area is 102 Å². The molecule has 1 aliphatic carbocycles. The van der Waals surface area contributed by atoms with Gasteiger partial charge in [0.15, 0.2) is 5.78 Å². The number of benzene rings is 1. The number of hydrogen-bond acceptors (Lipinski definition) is 2. The number of aryl methyl sites for hydroxylation is 1. The molecule has 0 radical (unpaired) electrons. The van der Waals surface area contributed by atoms with Gasteiger partial charge in [-0.1, -0.05) is 34.1 Å². The van der Waals surface area contributed by atoms with Crippen LogP contribution in [0.25, 0.3) is 0 Å². The van der Waals surface area contributed by atoms with E-state index in [0.29, 0.717) is 12.0 Å². The maximum atomic E-state index is 12.0. The highest BCUT2D eigenvalue weighted by atomic mass is 79.9. The number of ketones is 1. The van der Waals surface area contributed by atoms with Crippen molar-refractivity contribution in [1.82, 2.24) is 0 Å². The molecular weight excluding hydrogens is 272 g/mol. The summed E-state index contributed by atoms with van der Waals surface area (Å²) in [7, 11) is 0. The number of hydrogen-bond donors (Lipinski definition) is 1. The Morgan fingerprint density at radius 2 is 2.19 bits per heavy atom. The van der Waals surface area contributed by atoms with Crippen LogP contribution in [0.15, 0.2) is 18.2 Å². The van der Waals surface area contributed by atoms with Gasteiger partial charge in [0.2, 0.25) is 0 Å². The quantitative estimate of drug-likeness (QED) is 0.804. The monoisotopic (exact) mass is 282 g/mol. The van der Waals surface area contributed by atoms with Crippen molar-refractivity contribution < 1.29 is 14.7 Å². The first kappa shape index (κ1) is 11.3. The van der Waals surface area contributed by atoms with Crippen LogP contribution >= 0.6 is 15.9 Å². The van der Waals surface area contributed by atoms with E-state index in [1.807, 2.05) is 19.1 Å². The molecular formula is C12H11BrO3. The largest absolute Gasteiger partial charge is 0.481 e. The summed E-state index contributed by atoms with van der Waals surface area (Å²) in [6.07, 6.45) is 0.416. The predicted molar refractivity (Wildman–Crippen MR) is 63.1 cm³/mol. The number of alkyl halides is 1. The average molecular weight is 283 g/mol. The molecule has 0 heterocycles. The predicted octanol–water partition coefficient (Wildman–Crippen LogP) is 2.20. The van der Waals surface area contributed by atoms with Crippen molar-refractivity contribution in [3.63, 3.8) is 0 Å². The lowest BCUT2D eigenvalue weighted by Crippen LogP contribution is -2.37. The zero-order valence-corrected chi connectivity index (χ0v) is 10.3. The first-order chi connectivity index (χ1) is 7.52. The Balaban J connectivity index is 2.53. The number of aliphatic carboxylic acids is 1. The Kier molecular flexibility index (Phi) is 2.84. The first-order valence-electron chi connectivity index (χ1n) is 5.02. The Morgan fingerprint density at radius 1 is 1.50 bits per heavy atom. The minimum Gasteiger partial charge on any atom is -0.481 e. The van der Waals surface area contributed by atoms with Crippen LogP contribution in [0.2, 0.25) is 0 Å². The highest BCUT2D eigenvalue weighted by Crippen LogP contribution is 2.32. The van der Waals surface area contributed by atoms with Crippen molar-refractivity contribution in [1.29, 1.82) is 0 Å². The molecule has 0 aliphatic heterocycles. The summed E-state index contributed by atoms with van der Waals surface area (Å²) in [5.74, 6) is -1.72. The second-order valence-corrected chi connectivity index (χ2v) is 5.00. The molecule has 1 aliphatic rings. The van der Waals surface area contributed by atoms with Gasteiger partial charge in [0.1, 0.15) is 0 Å². The topological polar surface area (TPSA) is 54.4 Å². The molecule has 16 heavy (non-hydrogen) atoms. The third kappa shape index (κ3) is 1.67. The molecule has 84 valence electrons. The van der Waals surface area contributed by atoms with E-state index in [1.54, 1.807) is 6.07 Å². The van der Waals surface area contributed by atoms with Crippen molar-refractivity contribution in [2.45, 2.75) is 18.2 Å². The highest BCUT2D eigenvalue weighted by Gasteiger charge is 2.38. The van der Waals surface area contributed by atoms with E-state index >= 15 is 0 Å². The van der Waals surface area contributed by atoms with E-state index in [9.17, 15) is 9.59 Å². The first-order valence-corrected chi connectivity index (χ1v) is 5.93. The summed E-state index contributed by atoms with van der Waals surface area (Å²) < 4.78 is 0. The molecule has 0 spiro atoms. The smallest absolute Gasteiger partial charge is 0.308 e. The summed E-state index contributed by atoms with van der Waals surface area (Å²) in [5, 5.41) is 9.06. The van der Waals surface area contributed by atoms with Gasteiger partial charge in [0, 0.05) is 5.56 Å². The number of carbonyl (C=O) groups is 2. The molecule has 0 amide bonds. The van der Waals surface area contributed by atoms with E-state index in [1.165, 1.54) is 0 Å². The minimum atomic E-state index is -0.927.